The predicted octanol–water partition coefficient (Wildman–Crippen LogP) is 4.57. The molecule has 0 atom stereocenters. The molecule has 0 saturated heterocycles. The van der Waals surface area contributed by atoms with Crippen LogP contribution in [0, 0.1) is 5.82 Å². The number of hydrogen-bond donors (Lipinski definition) is 2. The van der Waals surface area contributed by atoms with Crippen molar-refractivity contribution < 1.29 is 14.0 Å². The van der Waals surface area contributed by atoms with E-state index in [9.17, 15) is 14.0 Å². The van der Waals surface area contributed by atoms with Gasteiger partial charge >= 0.3 is 0 Å². The number of rotatable bonds is 6. The Morgan fingerprint density at radius 1 is 1.00 bits per heavy atom. The van der Waals surface area contributed by atoms with Gasteiger partial charge in [0.15, 0.2) is 0 Å². The van der Waals surface area contributed by atoms with E-state index in [-0.39, 0.29) is 11.4 Å². The van der Waals surface area contributed by atoms with Gasteiger partial charge in [0.1, 0.15) is 12.2 Å². The second-order valence-electron chi connectivity index (χ2n) is 5.56. The lowest BCUT2D eigenvalue weighted by atomic mass is 10.0. The summed E-state index contributed by atoms with van der Waals surface area (Å²) in [7, 11) is 0. The van der Waals surface area contributed by atoms with Crippen LogP contribution in [0.15, 0.2) is 36.4 Å². The molecule has 2 aromatic rings. The number of amides is 2. The molecule has 4 nitrogen and oxygen atoms in total. The van der Waals surface area contributed by atoms with Crippen molar-refractivity contribution in [2.75, 3.05) is 10.6 Å². The third-order valence-electron chi connectivity index (χ3n) is 3.79. The molecular weight excluding hydrogens is 343 g/mol. The van der Waals surface area contributed by atoms with Crippen molar-refractivity contribution in [3.05, 3.63) is 58.4 Å². The molecule has 0 spiro atoms. The van der Waals surface area contributed by atoms with Crippen LogP contribution in [0.4, 0.5) is 15.8 Å². The van der Waals surface area contributed by atoms with Gasteiger partial charge in [-0.15, -0.1) is 0 Å². The van der Waals surface area contributed by atoms with Crippen molar-refractivity contribution in [2.24, 2.45) is 0 Å². The third kappa shape index (κ3) is 5.03. The van der Waals surface area contributed by atoms with E-state index >= 15 is 0 Å². The van der Waals surface area contributed by atoms with Crippen molar-refractivity contribution in [2.45, 2.75) is 33.1 Å². The minimum absolute atomic E-state index is 0.0910. The lowest BCUT2D eigenvalue weighted by molar-refractivity contribution is -0.123. The maximum atomic E-state index is 13.1. The highest BCUT2D eigenvalue weighted by Gasteiger charge is 2.14. The Labute approximate surface area is 151 Å². The predicted molar refractivity (Wildman–Crippen MR) is 98.5 cm³/mol. The summed E-state index contributed by atoms with van der Waals surface area (Å²) in [6.07, 6.45) is 1.23. The van der Waals surface area contributed by atoms with Crippen molar-refractivity contribution in [1.29, 1.82) is 0 Å². The minimum Gasteiger partial charge on any atom is -0.326 e. The quantitative estimate of drug-likeness (QED) is 0.739. The van der Waals surface area contributed by atoms with E-state index in [0.29, 0.717) is 5.69 Å². The summed E-state index contributed by atoms with van der Waals surface area (Å²) in [5.74, 6) is -1.46. The first-order valence-electron chi connectivity index (χ1n) is 8.10. The molecule has 0 aromatic heterocycles. The molecule has 6 heteroatoms. The van der Waals surface area contributed by atoms with Crippen molar-refractivity contribution in [3.8, 4) is 0 Å². The summed E-state index contributed by atoms with van der Waals surface area (Å²) in [5, 5.41) is 5.27. The fourth-order valence-electron chi connectivity index (χ4n) is 2.51. The minimum atomic E-state index is -0.569. The smallest absolute Gasteiger partial charge is 0.233 e. The fourth-order valence-corrected chi connectivity index (χ4v) is 2.69. The molecule has 2 amide bonds. The SMILES string of the molecule is CCc1cccc(CC)c1NC(=O)CC(=O)Nc1ccc(F)c(Cl)c1. The van der Waals surface area contributed by atoms with E-state index < -0.39 is 17.6 Å². The average Bonchev–Trinajstić information content (AvgIpc) is 2.58. The van der Waals surface area contributed by atoms with Gasteiger partial charge in [-0.05, 0) is 42.2 Å². The number of carbonyl (C=O) groups is 2. The Balaban J connectivity index is 2.02. The first kappa shape index (κ1) is 18.9. The topological polar surface area (TPSA) is 58.2 Å². The Morgan fingerprint density at radius 2 is 1.60 bits per heavy atom. The van der Waals surface area contributed by atoms with Crippen LogP contribution in [-0.2, 0) is 22.4 Å². The number of nitrogens with one attached hydrogen (secondary N) is 2. The molecule has 0 aliphatic carbocycles. The number of halogens is 2. The summed E-state index contributed by atoms with van der Waals surface area (Å²) in [4.78, 5) is 24.2. The van der Waals surface area contributed by atoms with Crippen LogP contribution < -0.4 is 10.6 Å². The first-order valence-corrected chi connectivity index (χ1v) is 8.47. The molecule has 0 radical (unpaired) electrons. The van der Waals surface area contributed by atoms with Crippen molar-refractivity contribution in [3.63, 3.8) is 0 Å². The highest BCUT2D eigenvalue weighted by atomic mass is 35.5. The van der Waals surface area contributed by atoms with Gasteiger partial charge in [0.25, 0.3) is 0 Å². The molecule has 0 heterocycles. The monoisotopic (exact) mass is 362 g/mol. The average molecular weight is 363 g/mol. The highest BCUT2D eigenvalue weighted by Crippen LogP contribution is 2.23. The summed E-state index contributed by atoms with van der Waals surface area (Å²) < 4.78 is 13.1. The van der Waals surface area contributed by atoms with E-state index in [1.54, 1.807) is 0 Å². The lowest BCUT2D eigenvalue weighted by Gasteiger charge is -2.14. The molecule has 0 unspecified atom stereocenters. The number of aryl methyl sites for hydroxylation is 2. The number of benzene rings is 2. The Bertz CT molecular complexity index is 771. The summed E-state index contributed by atoms with van der Waals surface area (Å²) in [5.41, 5.74) is 3.17. The van der Waals surface area contributed by atoms with E-state index in [0.717, 1.165) is 35.7 Å². The zero-order chi connectivity index (χ0) is 18.4. The van der Waals surface area contributed by atoms with Gasteiger partial charge in [0.05, 0.1) is 5.02 Å². The molecule has 2 N–H and O–H groups in total. The van der Waals surface area contributed by atoms with Gasteiger partial charge < -0.3 is 10.6 Å². The molecule has 0 aliphatic heterocycles. The number of hydrogen-bond acceptors (Lipinski definition) is 2. The second kappa shape index (κ2) is 8.62. The van der Waals surface area contributed by atoms with Crippen LogP contribution in [-0.4, -0.2) is 11.8 Å². The molecular formula is C19H20ClFN2O2. The normalized spacial score (nSPS) is 10.4. The van der Waals surface area contributed by atoms with Crippen LogP contribution in [0.1, 0.15) is 31.4 Å². The summed E-state index contributed by atoms with van der Waals surface area (Å²) >= 11 is 5.67. The van der Waals surface area contributed by atoms with Gasteiger partial charge in [-0.3, -0.25) is 9.59 Å². The van der Waals surface area contributed by atoms with Crippen LogP contribution >= 0.6 is 11.6 Å². The van der Waals surface area contributed by atoms with Gasteiger partial charge in [0, 0.05) is 11.4 Å². The molecule has 25 heavy (non-hydrogen) atoms. The van der Waals surface area contributed by atoms with Crippen molar-refractivity contribution >= 4 is 34.8 Å². The first-order chi connectivity index (χ1) is 11.9. The maximum Gasteiger partial charge on any atom is 0.233 e. The van der Waals surface area contributed by atoms with Gasteiger partial charge in [-0.1, -0.05) is 43.6 Å². The highest BCUT2D eigenvalue weighted by molar-refractivity contribution is 6.31. The van der Waals surface area contributed by atoms with Crippen LogP contribution in [0.5, 0.6) is 0 Å². The van der Waals surface area contributed by atoms with E-state index in [1.807, 2.05) is 32.0 Å². The van der Waals surface area contributed by atoms with E-state index in [1.165, 1.54) is 12.1 Å². The van der Waals surface area contributed by atoms with Crippen LogP contribution in [0.25, 0.3) is 0 Å². The molecule has 0 aliphatic rings. The van der Waals surface area contributed by atoms with E-state index in [2.05, 4.69) is 10.6 Å². The summed E-state index contributed by atoms with van der Waals surface area (Å²) in [6.45, 7) is 4.02. The number of anilines is 2. The van der Waals surface area contributed by atoms with Crippen LogP contribution in [0.3, 0.4) is 0 Å². The van der Waals surface area contributed by atoms with Crippen molar-refractivity contribution in [1.82, 2.24) is 0 Å². The zero-order valence-electron chi connectivity index (χ0n) is 14.2. The maximum absolute atomic E-state index is 13.1. The summed E-state index contributed by atoms with van der Waals surface area (Å²) in [6, 6.07) is 9.71. The lowest BCUT2D eigenvalue weighted by Crippen LogP contribution is -2.22. The fraction of sp³-hybridized carbons (Fsp3) is 0.263. The van der Waals surface area contributed by atoms with E-state index in [4.69, 9.17) is 11.6 Å². The number of para-hydroxylation sites is 1. The molecule has 0 fully saturated rings. The number of carbonyl (C=O) groups excluding carboxylic acids is 2. The van der Waals surface area contributed by atoms with Gasteiger partial charge in [0.2, 0.25) is 11.8 Å². The Morgan fingerprint density at radius 3 is 2.16 bits per heavy atom. The second-order valence-corrected chi connectivity index (χ2v) is 5.97. The van der Waals surface area contributed by atoms with Gasteiger partial charge in [-0.2, -0.15) is 0 Å². The molecule has 2 rings (SSSR count). The zero-order valence-corrected chi connectivity index (χ0v) is 14.9. The Hall–Kier alpha value is -2.40. The standard InChI is InChI=1S/C19H20ClFN2O2/c1-3-12-6-5-7-13(4-2)19(12)23-18(25)11-17(24)22-14-8-9-16(21)15(20)10-14/h5-10H,3-4,11H2,1-2H3,(H,22,24)(H,23,25). The van der Waals surface area contributed by atoms with Gasteiger partial charge in [-0.25, -0.2) is 4.39 Å². The molecule has 132 valence electrons. The molecule has 0 bridgehead atoms. The Kier molecular flexibility index (Phi) is 6.53. The third-order valence-corrected chi connectivity index (χ3v) is 4.08. The van der Waals surface area contributed by atoms with Crippen LogP contribution in [0.2, 0.25) is 5.02 Å². The molecule has 0 saturated carbocycles. The molecule has 2 aromatic carbocycles. The largest absolute Gasteiger partial charge is 0.326 e.